The third kappa shape index (κ3) is 7.34. The van der Waals surface area contributed by atoms with E-state index in [-0.39, 0.29) is 0 Å². The molecule has 28 heavy (non-hydrogen) atoms. The number of hydrogen-bond acceptors (Lipinski definition) is 1. The van der Waals surface area contributed by atoms with Crippen LogP contribution in [0, 0.1) is 0 Å². The molecule has 0 saturated heterocycles. The van der Waals surface area contributed by atoms with E-state index in [9.17, 15) is 5.11 Å². The molecule has 1 N–H and O–H groups in total. The monoisotopic (exact) mass is 380 g/mol. The standard InChI is InChI=1S/C27H40O/c1-3-5-7-8-9-10-12-18-23(17-11-6-4-2)24-19-13-14-20-25(24)26-21-15-16-22-27(26)28/h13-16,19-23,28H,3-12,17-18H2,1-2H3. The molecule has 0 aliphatic carbocycles. The minimum absolute atomic E-state index is 0.387. The molecular formula is C27H40O. The van der Waals surface area contributed by atoms with Gasteiger partial charge in [0.05, 0.1) is 0 Å². The van der Waals surface area contributed by atoms with Crippen molar-refractivity contribution in [3.63, 3.8) is 0 Å². The normalized spacial score (nSPS) is 12.2. The molecule has 1 atom stereocenters. The Labute approximate surface area is 173 Å². The highest BCUT2D eigenvalue weighted by atomic mass is 16.3. The van der Waals surface area contributed by atoms with Crippen LogP contribution in [0.25, 0.3) is 11.1 Å². The van der Waals surface area contributed by atoms with Crippen LogP contribution in [0.3, 0.4) is 0 Å². The molecule has 1 unspecified atom stereocenters. The van der Waals surface area contributed by atoms with Gasteiger partial charge in [-0.2, -0.15) is 0 Å². The lowest BCUT2D eigenvalue weighted by Crippen LogP contribution is -2.02. The number of benzene rings is 2. The topological polar surface area (TPSA) is 20.2 Å². The van der Waals surface area contributed by atoms with Crippen molar-refractivity contribution in [3.05, 3.63) is 54.1 Å². The van der Waals surface area contributed by atoms with Crippen molar-refractivity contribution in [2.45, 2.75) is 96.8 Å². The summed E-state index contributed by atoms with van der Waals surface area (Å²) in [7, 11) is 0. The van der Waals surface area contributed by atoms with Crippen molar-refractivity contribution in [2.75, 3.05) is 0 Å². The summed E-state index contributed by atoms with van der Waals surface area (Å²) >= 11 is 0. The Morgan fingerprint density at radius 2 is 1.11 bits per heavy atom. The maximum atomic E-state index is 10.4. The van der Waals surface area contributed by atoms with Gasteiger partial charge in [-0.3, -0.25) is 0 Å². The zero-order valence-corrected chi connectivity index (χ0v) is 18.1. The summed E-state index contributed by atoms with van der Waals surface area (Å²) < 4.78 is 0. The Bertz CT molecular complexity index is 661. The predicted octanol–water partition coefficient (Wildman–Crippen LogP) is 8.86. The van der Waals surface area contributed by atoms with Crippen LogP contribution in [-0.2, 0) is 0 Å². The van der Waals surface area contributed by atoms with Crippen molar-refractivity contribution in [1.82, 2.24) is 0 Å². The summed E-state index contributed by atoms with van der Waals surface area (Å²) in [6, 6.07) is 16.5. The quantitative estimate of drug-likeness (QED) is 0.324. The summed E-state index contributed by atoms with van der Waals surface area (Å²) in [4.78, 5) is 0. The second-order valence-corrected chi connectivity index (χ2v) is 8.21. The van der Waals surface area contributed by atoms with Crippen LogP contribution in [0.4, 0.5) is 0 Å². The van der Waals surface area contributed by atoms with Crippen molar-refractivity contribution >= 4 is 0 Å². The number of hydrogen-bond donors (Lipinski definition) is 1. The zero-order valence-electron chi connectivity index (χ0n) is 18.1. The van der Waals surface area contributed by atoms with Crippen molar-refractivity contribution in [1.29, 1.82) is 0 Å². The molecule has 1 nitrogen and oxygen atoms in total. The highest BCUT2D eigenvalue weighted by Crippen LogP contribution is 2.38. The fourth-order valence-corrected chi connectivity index (χ4v) is 4.24. The van der Waals surface area contributed by atoms with Crippen molar-refractivity contribution < 1.29 is 5.11 Å². The van der Waals surface area contributed by atoms with Crippen LogP contribution >= 0.6 is 0 Å². The molecule has 0 aliphatic rings. The highest BCUT2D eigenvalue weighted by Gasteiger charge is 2.17. The van der Waals surface area contributed by atoms with Crippen molar-refractivity contribution in [3.8, 4) is 16.9 Å². The first-order valence-corrected chi connectivity index (χ1v) is 11.6. The smallest absolute Gasteiger partial charge is 0.123 e. The Morgan fingerprint density at radius 3 is 1.79 bits per heavy atom. The van der Waals surface area contributed by atoms with Gasteiger partial charge in [-0.1, -0.05) is 121 Å². The lowest BCUT2D eigenvalue weighted by atomic mass is 9.83. The van der Waals surface area contributed by atoms with Gasteiger partial charge < -0.3 is 5.11 Å². The first-order valence-electron chi connectivity index (χ1n) is 11.6. The maximum absolute atomic E-state index is 10.4. The molecule has 2 aromatic rings. The molecule has 0 bridgehead atoms. The minimum Gasteiger partial charge on any atom is -0.507 e. The van der Waals surface area contributed by atoms with Gasteiger partial charge in [-0.25, -0.2) is 0 Å². The second kappa shape index (κ2) is 13.4. The number of rotatable bonds is 14. The molecule has 2 aromatic carbocycles. The fraction of sp³-hybridized carbons (Fsp3) is 0.556. The van der Waals surface area contributed by atoms with Gasteiger partial charge in [0.1, 0.15) is 5.75 Å². The SMILES string of the molecule is CCCCCCCCCC(CCCCC)c1ccccc1-c1ccccc1O. The predicted molar refractivity (Wildman–Crippen MR) is 123 cm³/mol. The molecule has 0 amide bonds. The van der Waals surface area contributed by atoms with E-state index in [1.807, 2.05) is 18.2 Å². The molecule has 0 radical (unpaired) electrons. The minimum atomic E-state index is 0.387. The van der Waals surface area contributed by atoms with Crippen LogP contribution in [0.5, 0.6) is 5.75 Å². The molecule has 0 fully saturated rings. The summed E-state index contributed by atoms with van der Waals surface area (Å²) in [6.07, 6.45) is 15.9. The van der Waals surface area contributed by atoms with Gasteiger partial charge in [0.2, 0.25) is 0 Å². The second-order valence-electron chi connectivity index (χ2n) is 8.21. The van der Waals surface area contributed by atoms with E-state index in [0.29, 0.717) is 11.7 Å². The van der Waals surface area contributed by atoms with E-state index < -0.39 is 0 Å². The van der Waals surface area contributed by atoms with E-state index in [1.54, 1.807) is 6.07 Å². The Morgan fingerprint density at radius 1 is 0.607 bits per heavy atom. The summed E-state index contributed by atoms with van der Waals surface area (Å²) in [5.41, 5.74) is 3.61. The Kier molecular flexibility index (Phi) is 10.8. The lowest BCUT2D eigenvalue weighted by molar-refractivity contribution is 0.476. The molecule has 2 rings (SSSR count). The van der Waals surface area contributed by atoms with E-state index in [4.69, 9.17) is 0 Å². The van der Waals surface area contributed by atoms with Crippen LogP contribution in [0.15, 0.2) is 48.5 Å². The summed E-state index contributed by atoms with van der Waals surface area (Å²) in [6.45, 7) is 4.56. The highest BCUT2D eigenvalue weighted by molar-refractivity contribution is 5.73. The van der Waals surface area contributed by atoms with E-state index in [0.717, 1.165) is 5.56 Å². The largest absolute Gasteiger partial charge is 0.507 e. The lowest BCUT2D eigenvalue weighted by Gasteiger charge is -2.21. The third-order valence-corrected chi connectivity index (χ3v) is 5.91. The third-order valence-electron chi connectivity index (χ3n) is 5.91. The Balaban J connectivity index is 2.07. The fourth-order valence-electron chi connectivity index (χ4n) is 4.24. The number of unbranched alkanes of at least 4 members (excludes halogenated alkanes) is 8. The molecule has 0 aromatic heterocycles. The average molecular weight is 381 g/mol. The van der Waals surface area contributed by atoms with Gasteiger partial charge in [0, 0.05) is 5.56 Å². The van der Waals surface area contributed by atoms with E-state index >= 15 is 0 Å². The average Bonchev–Trinajstić information content (AvgIpc) is 2.72. The van der Waals surface area contributed by atoms with Crippen molar-refractivity contribution in [2.24, 2.45) is 0 Å². The molecule has 0 spiro atoms. The Hall–Kier alpha value is -1.76. The molecule has 1 heteroatoms. The van der Waals surface area contributed by atoms with Crippen LogP contribution in [0.2, 0.25) is 0 Å². The molecule has 0 aliphatic heterocycles. The first-order chi connectivity index (χ1) is 13.8. The van der Waals surface area contributed by atoms with Crippen LogP contribution in [0.1, 0.15) is 102 Å². The first kappa shape index (κ1) is 22.5. The van der Waals surface area contributed by atoms with Crippen LogP contribution < -0.4 is 0 Å². The molecule has 154 valence electrons. The van der Waals surface area contributed by atoms with Gasteiger partial charge in [0.15, 0.2) is 0 Å². The molecule has 0 heterocycles. The number of phenolic OH excluding ortho intramolecular Hbond substituents is 1. The number of aromatic hydroxyl groups is 1. The zero-order chi connectivity index (χ0) is 20.0. The van der Waals surface area contributed by atoms with Gasteiger partial charge >= 0.3 is 0 Å². The number of para-hydroxylation sites is 1. The van der Waals surface area contributed by atoms with E-state index in [1.165, 1.54) is 88.2 Å². The summed E-state index contributed by atoms with van der Waals surface area (Å²) in [5.74, 6) is 0.983. The molecule has 0 saturated carbocycles. The van der Waals surface area contributed by atoms with Gasteiger partial charge in [-0.05, 0) is 36.0 Å². The maximum Gasteiger partial charge on any atom is 0.123 e. The number of phenols is 1. The summed E-state index contributed by atoms with van der Waals surface area (Å²) in [5, 5.41) is 10.4. The molecular weight excluding hydrogens is 340 g/mol. The van der Waals surface area contributed by atoms with Gasteiger partial charge in [-0.15, -0.1) is 0 Å². The van der Waals surface area contributed by atoms with E-state index in [2.05, 4.69) is 38.1 Å². The van der Waals surface area contributed by atoms with Gasteiger partial charge in [0.25, 0.3) is 0 Å². The van der Waals surface area contributed by atoms with Crippen LogP contribution in [-0.4, -0.2) is 5.11 Å².